The van der Waals surface area contributed by atoms with Crippen molar-refractivity contribution < 1.29 is 0 Å². The Morgan fingerprint density at radius 1 is 0.404 bits per heavy atom. The van der Waals surface area contributed by atoms with Crippen molar-refractivity contribution in [3.05, 3.63) is 205 Å². The number of para-hydroxylation sites is 1. The molecule has 3 heterocycles. The fourth-order valence-corrected chi connectivity index (χ4v) is 9.22. The molecule has 4 nitrogen and oxygen atoms in total. The quantitative estimate of drug-likeness (QED) is 0.177. The van der Waals surface area contributed by atoms with Gasteiger partial charge < -0.3 is 4.57 Å². The lowest BCUT2D eigenvalue weighted by Gasteiger charge is -2.14. The molecule has 0 aliphatic heterocycles. The Labute approximate surface area is 329 Å². The highest BCUT2D eigenvalue weighted by Crippen LogP contribution is 2.43. The van der Waals surface area contributed by atoms with Gasteiger partial charge in [-0.2, -0.15) is 0 Å². The molecular formula is C53H34N4. The molecule has 0 saturated carbocycles. The molecule has 0 atom stereocenters. The van der Waals surface area contributed by atoms with Gasteiger partial charge in [0, 0.05) is 38.4 Å². The molecule has 3 aromatic heterocycles. The predicted octanol–water partition coefficient (Wildman–Crippen LogP) is 13.2. The summed E-state index contributed by atoms with van der Waals surface area (Å²) in [6.07, 6.45) is 0.963. The van der Waals surface area contributed by atoms with Crippen molar-refractivity contribution in [2.24, 2.45) is 0 Å². The van der Waals surface area contributed by atoms with Gasteiger partial charge in [-0.1, -0.05) is 152 Å². The number of fused-ring (bicyclic) bond motifs is 9. The smallest absolute Gasteiger partial charge is 0.163 e. The van der Waals surface area contributed by atoms with Gasteiger partial charge in [-0.15, -0.1) is 0 Å². The topological polar surface area (TPSA) is 35.1 Å². The van der Waals surface area contributed by atoms with Crippen LogP contribution in [0.15, 0.2) is 194 Å². The van der Waals surface area contributed by atoms with Crippen LogP contribution in [0.4, 0.5) is 0 Å². The molecule has 8 aromatic carbocycles. The first-order chi connectivity index (χ1) is 28.3. The number of hydrogen-bond acceptors (Lipinski definition) is 2. The SMILES string of the molecule is c1ccc(-c2nc(-c3ccc(-n4c5ccccc5c5cc(-c6cccc7c6Cc6ccccc6-7)ccc54)cc3)n3c(-c4ccccc4)c4ccccc4c3n2)cc1. The molecule has 0 bridgehead atoms. The van der Waals surface area contributed by atoms with E-state index in [2.05, 4.69) is 185 Å². The van der Waals surface area contributed by atoms with Gasteiger partial charge in [0.1, 0.15) is 11.5 Å². The first-order valence-electron chi connectivity index (χ1n) is 19.6. The Kier molecular flexibility index (Phi) is 6.96. The Balaban J connectivity index is 1.03. The van der Waals surface area contributed by atoms with Crippen LogP contribution in [0.3, 0.4) is 0 Å². The summed E-state index contributed by atoms with van der Waals surface area (Å²) in [6, 6.07) is 69.7. The van der Waals surface area contributed by atoms with E-state index in [0.29, 0.717) is 5.82 Å². The van der Waals surface area contributed by atoms with E-state index in [1.165, 1.54) is 55.2 Å². The molecule has 11 aromatic rings. The Morgan fingerprint density at radius 3 is 1.86 bits per heavy atom. The van der Waals surface area contributed by atoms with Crippen molar-refractivity contribution in [3.8, 4) is 62.0 Å². The number of benzene rings is 8. The lowest BCUT2D eigenvalue weighted by atomic mass is 9.95. The van der Waals surface area contributed by atoms with E-state index in [0.717, 1.165) is 56.7 Å². The number of aromatic nitrogens is 4. The lowest BCUT2D eigenvalue weighted by Crippen LogP contribution is -2.03. The minimum Gasteiger partial charge on any atom is -0.309 e. The summed E-state index contributed by atoms with van der Waals surface area (Å²) in [7, 11) is 0. The largest absolute Gasteiger partial charge is 0.309 e. The van der Waals surface area contributed by atoms with E-state index in [9.17, 15) is 0 Å². The molecule has 0 unspecified atom stereocenters. The average molecular weight is 727 g/mol. The summed E-state index contributed by atoms with van der Waals surface area (Å²) in [6.45, 7) is 0. The standard InChI is InChI=1S/C53H34N4/c1-3-14-34(15-4-1)50-44-21-9-10-22-45(44)53-55-51(35-16-5-2-6-17-35)54-52(57(50)53)36-26-29-39(30-27-36)56-48-25-12-11-20-43(48)47-33-38(28-31-49(47)56)41-23-13-24-42-40-19-8-7-18-37(40)32-46(41)42/h1-31,33H,32H2. The molecule has 0 amide bonds. The number of hydrogen-bond donors (Lipinski definition) is 0. The zero-order chi connectivity index (χ0) is 37.5. The maximum Gasteiger partial charge on any atom is 0.163 e. The van der Waals surface area contributed by atoms with Crippen LogP contribution in [0.25, 0.3) is 100 Å². The molecule has 266 valence electrons. The van der Waals surface area contributed by atoms with E-state index >= 15 is 0 Å². The van der Waals surface area contributed by atoms with Crippen molar-refractivity contribution in [1.29, 1.82) is 0 Å². The van der Waals surface area contributed by atoms with E-state index in [4.69, 9.17) is 9.97 Å². The molecule has 0 saturated heterocycles. The van der Waals surface area contributed by atoms with Crippen LogP contribution in [-0.2, 0) is 6.42 Å². The third-order valence-corrected chi connectivity index (χ3v) is 11.8. The first kappa shape index (κ1) is 31.8. The van der Waals surface area contributed by atoms with Crippen molar-refractivity contribution in [3.63, 3.8) is 0 Å². The third-order valence-electron chi connectivity index (χ3n) is 11.8. The average Bonchev–Trinajstić information content (AvgIpc) is 3.94. The fraction of sp³-hybridized carbons (Fsp3) is 0.0189. The number of rotatable bonds is 5. The minimum absolute atomic E-state index is 0.705. The minimum atomic E-state index is 0.705. The van der Waals surface area contributed by atoms with E-state index in [1.54, 1.807) is 0 Å². The van der Waals surface area contributed by atoms with Gasteiger partial charge in [0.2, 0.25) is 0 Å². The highest BCUT2D eigenvalue weighted by molar-refractivity contribution is 6.11. The summed E-state index contributed by atoms with van der Waals surface area (Å²) in [4.78, 5) is 10.6. The van der Waals surface area contributed by atoms with Crippen LogP contribution in [0.5, 0.6) is 0 Å². The van der Waals surface area contributed by atoms with Crippen LogP contribution in [0.2, 0.25) is 0 Å². The van der Waals surface area contributed by atoms with Gasteiger partial charge in [0.15, 0.2) is 5.82 Å². The van der Waals surface area contributed by atoms with Crippen LogP contribution < -0.4 is 0 Å². The van der Waals surface area contributed by atoms with Gasteiger partial charge in [-0.3, -0.25) is 4.40 Å². The monoisotopic (exact) mass is 726 g/mol. The predicted molar refractivity (Wildman–Crippen MR) is 235 cm³/mol. The molecule has 0 fully saturated rings. The first-order valence-corrected chi connectivity index (χ1v) is 19.6. The molecule has 0 spiro atoms. The normalized spacial score (nSPS) is 12.1. The number of nitrogens with zero attached hydrogens (tertiary/aromatic N) is 4. The second-order valence-electron chi connectivity index (χ2n) is 15.0. The van der Waals surface area contributed by atoms with Gasteiger partial charge in [-0.25, -0.2) is 9.97 Å². The highest BCUT2D eigenvalue weighted by atomic mass is 15.1. The maximum atomic E-state index is 5.34. The molecule has 12 rings (SSSR count). The molecule has 1 aliphatic carbocycles. The second kappa shape index (κ2) is 12.5. The van der Waals surface area contributed by atoms with Crippen LogP contribution in [0, 0.1) is 0 Å². The zero-order valence-electron chi connectivity index (χ0n) is 31.0. The van der Waals surface area contributed by atoms with E-state index < -0.39 is 0 Å². The zero-order valence-corrected chi connectivity index (χ0v) is 31.0. The Morgan fingerprint density at radius 2 is 1.04 bits per heavy atom. The van der Waals surface area contributed by atoms with Crippen molar-refractivity contribution >= 4 is 38.2 Å². The highest BCUT2D eigenvalue weighted by Gasteiger charge is 2.23. The van der Waals surface area contributed by atoms with Crippen molar-refractivity contribution in [2.45, 2.75) is 6.42 Å². The Hall–Kier alpha value is -7.56. The third kappa shape index (κ3) is 4.87. The molecule has 0 N–H and O–H groups in total. The van der Waals surface area contributed by atoms with Crippen LogP contribution >= 0.6 is 0 Å². The molecule has 57 heavy (non-hydrogen) atoms. The van der Waals surface area contributed by atoms with Crippen LogP contribution in [-0.4, -0.2) is 18.9 Å². The fourth-order valence-electron chi connectivity index (χ4n) is 9.22. The van der Waals surface area contributed by atoms with Gasteiger partial charge in [-0.05, 0) is 87.8 Å². The second-order valence-corrected chi connectivity index (χ2v) is 15.0. The summed E-state index contributed by atoms with van der Waals surface area (Å²) in [5.74, 6) is 1.56. The molecule has 1 aliphatic rings. The van der Waals surface area contributed by atoms with E-state index in [1.807, 2.05) is 18.2 Å². The van der Waals surface area contributed by atoms with Crippen LogP contribution in [0.1, 0.15) is 11.1 Å². The van der Waals surface area contributed by atoms with Crippen molar-refractivity contribution in [2.75, 3.05) is 0 Å². The summed E-state index contributed by atoms with van der Waals surface area (Å²) < 4.78 is 4.65. The lowest BCUT2D eigenvalue weighted by molar-refractivity contribution is 1.05. The molecule has 0 radical (unpaired) electrons. The van der Waals surface area contributed by atoms with Gasteiger partial charge in [0.25, 0.3) is 0 Å². The van der Waals surface area contributed by atoms with Gasteiger partial charge >= 0.3 is 0 Å². The van der Waals surface area contributed by atoms with Crippen molar-refractivity contribution in [1.82, 2.24) is 18.9 Å². The summed E-state index contributed by atoms with van der Waals surface area (Å²) >= 11 is 0. The molecular weight excluding hydrogens is 693 g/mol. The van der Waals surface area contributed by atoms with E-state index in [-0.39, 0.29) is 0 Å². The summed E-state index contributed by atoms with van der Waals surface area (Å²) in [5, 5.41) is 4.74. The molecule has 4 heteroatoms. The Bertz CT molecular complexity index is 3360. The van der Waals surface area contributed by atoms with Gasteiger partial charge in [0.05, 0.1) is 16.7 Å². The summed E-state index contributed by atoms with van der Waals surface area (Å²) in [5.41, 5.74) is 16.7. The maximum absolute atomic E-state index is 5.34.